The Morgan fingerprint density at radius 1 is 1.00 bits per heavy atom. The average molecular weight is 385 g/mol. The second kappa shape index (κ2) is 5.63. The van der Waals surface area contributed by atoms with Crippen molar-refractivity contribution in [2.45, 2.75) is 0 Å². The molecule has 2 N–H and O–H groups in total. The van der Waals surface area contributed by atoms with Crippen molar-refractivity contribution < 1.29 is 0 Å². The van der Waals surface area contributed by atoms with E-state index in [2.05, 4.69) is 31.5 Å². The van der Waals surface area contributed by atoms with E-state index in [0.29, 0.717) is 27.2 Å². The first-order valence-electron chi connectivity index (χ1n) is 5.84. The topological polar surface area (TPSA) is 69.6 Å². The molecule has 0 radical (unpaired) electrons. The fraction of sp³-hybridized carbons (Fsp3) is 0. The summed E-state index contributed by atoms with van der Waals surface area (Å²) in [4.78, 5) is 0. The van der Waals surface area contributed by atoms with Crippen LogP contribution in [0.25, 0.3) is 17.1 Å². The van der Waals surface area contributed by atoms with Crippen LogP contribution >= 0.6 is 39.1 Å². The van der Waals surface area contributed by atoms with Gasteiger partial charge in [-0.2, -0.15) is 4.68 Å². The highest BCUT2D eigenvalue weighted by Gasteiger charge is 2.13. The maximum absolute atomic E-state index is 6.02. The van der Waals surface area contributed by atoms with E-state index < -0.39 is 0 Å². The highest BCUT2D eigenvalue weighted by atomic mass is 79.9. The standard InChI is InChI=1S/C13H8BrCl2N5/c14-8-1-7(2-11(17)3-8)13-18-19-20-21(13)12-5-9(15)4-10(16)6-12/h1-6H,17H2. The van der Waals surface area contributed by atoms with Gasteiger partial charge in [0.2, 0.25) is 0 Å². The minimum atomic E-state index is 0.507. The fourth-order valence-electron chi connectivity index (χ4n) is 1.94. The molecule has 0 atom stereocenters. The molecule has 1 heterocycles. The van der Waals surface area contributed by atoms with Crippen LogP contribution in [0.5, 0.6) is 0 Å². The van der Waals surface area contributed by atoms with Crippen LogP contribution in [-0.2, 0) is 0 Å². The molecule has 8 heteroatoms. The van der Waals surface area contributed by atoms with Gasteiger partial charge in [0.15, 0.2) is 5.82 Å². The molecule has 106 valence electrons. The highest BCUT2D eigenvalue weighted by Crippen LogP contribution is 2.28. The van der Waals surface area contributed by atoms with Crippen molar-refractivity contribution in [1.82, 2.24) is 20.2 Å². The van der Waals surface area contributed by atoms with Crippen LogP contribution in [0.2, 0.25) is 10.0 Å². The summed E-state index contributed by atoms with van der Waals surface area (Å²) in [6, 6.07) is 10.6. The zero-order valence-electron chi connectivity index (χ0n) is 10.5. The molecular weight excluding hydrogens is 377 g/mol. The molecule has 3 rings (SSSR count). The third-order valence-corrected chi connectivity index (χ3v) is 3.63. The third kappa shape index (κ3) is 3.02. The number of hydrogen-bond acceptors (Lipinski definition) is 4. The van der Waals surface area contributed by atoms with Crippen molar-refractivity contribution in [2.75, 3.05) is 5.73 Å². The molecule has 0 saturated carbocycles. The number of rotatable bonds is 2. The van der Waals surface area contributed by atoms with E-state index in [4.69, 9.17) is 28.9 Å². The molecule has 5 nitrogen and oxygen atoms in total. The van der Waals surface area contributed by atoms with Crippen molar-refractivity contribution in [2.24, 2.45) is 0 Å². The lowest BCUT2D eigenvalue weighted by molar-refractivity contribution is 0.791. The molecule has 0 aliphatic rings. The smallest absolute Gasteiger partial charge is 0.187 e. The molecule has 3 aromatic rings. The predicted octanol–water partition coefficient (Wildman–Crippen LogP) is 3.98. The van der Waals surface area contributed by atoms with Gasteiger partial charge in [0.05, 0.1) is 5.69 Å². The minimum absolute atomic E-state index is 0.507. The van der Waals surface area contributed by atoms with Crippen molar-refractivity contribution in [3.8, 4) is 17.1 Å². The van der Waals surface area contributed by atoms with Gasteiger partial charge in [-0.3, -0.25) is 0 Å². The second-order valence-corrected chi connectivity index (χ2v) is 6.10. The Bertz CT molecular complexity index is 712. The van der Waals surface area contributed by atoms with Crippen LogP contribution in [-0.4, -0.2) is 20.2 Å². The Balaban J connectivity index is 2.16. The monoisotopic (exact) mass is 383 g/mol. The van der Waals surface area contributed by atoms with E-state index in [-0.39, 0.29) is 0 Å². The second-order valence-electron chi connectivity index (χ2n) is 4.32. The molecule has 0 bridgehead atoms. The SMILES string of the molecule is Nc1cc(Br)cc(-c2nnnn2-c2cc(Cl)cc(Cl)c2)c1. The maximum Gasteiger partial charge on any atom is 0.187 e. The van der Waals surface area contributed by atoms with Gasteiger partial charge in [0.1, 0.15) is 0 Å². The fourth-order valence-corrected chi connectivity index (χ4v) is 2.97. The first-order chi connectivity index (χ1) is 10.0. The first kappa shape index (κ1) is 14.3. The molecule has 0 aliphatic carbocycles. The lowest BCUT2D eigenvalue weighted by Gasteiger charge is -2.07. The number of anilines is 1. The van der Waals surface area contributed by atoms with E-state index in [9.17, 15) is 0 Å². The van der Waals surface area contributed by atoms with E-state index in [1.165, 1.54) is 0 Å². The van der Waals surface area contributed by atoms with Gasteiger partial charge in [-0.25, -0.2) is 0 Å². The number of nitrogens with two attached hydrogens (primary N) is 1. The van der Waals surface area contributed by atoms with Crippen LogP contribution in [0.15, 0.2) is 40.9 Å². The summed E-state index contributed by atoms with van der Waals surface area (Å²) >= 11 is 15.4. The highest BCUT2D eigenvalue weighted by molar-refractivity contribution is 9.10. The third-order valence-electron chi connectivity index (χ3n) is 2.74. The van der Waals surface area contributed by atoms with Crippen molar-refractivity contribution in [1.29, 1.82) is 0 Å². The van der Waals surface area contributed by atoms with Gasteiger partial charge in [-0.1, -0.05) is 39.1 Å². The van der Waals surface area contributed by atoms with Gasteiger partial charge in [0, 0.05) is 25.8 Å². The molecule has 21 heavy (non-hydrogen) atoms. The molecular formula is C13H8BrCl2N5. The van der Waals surface area contributed by atoms with Crippen molar-refractivity contribution in [3.63, 3.8) is 0 Å². The molecule has 2 aromatic carbocycles. The quantitative estimate of drug-likeness (QED) is 0.678. The van der Waals surface area contributed by atoms with E-state index in [1.54, 1.807) is 35.0 Å². The molecule has 0 saturated heterocycles. The van der Waals surface area contributed by atoms with Gasteiger partial charge in [0.25, 0.3) is 0 Å². The van der Waals surface area contributed by atoms with E-state index >= 15 is 0 Å². The van der Waals surface area contributed by atoms with Crippen LogP contribution in [0.1, 0.15) is 0 Å². The Hall–Kier alpha value is -1.63. The Labute approximate surface area is 138 Å². The van der Waals surface area contributed by atoms with Gasteiger partial charge in [-0.15, -0.1) is 5.10 Å². The van der Waals surface area contributed by atoms with Gasteiger partial charge >= 0.3 is 0 Å². The molecule has 0 amide bonds. The lowest BCUT2D eigenvalue weighted by Crippen LogP contribution is -2.00. The Morgan fingerprint density at radius 2 is 1.71 bits per heavy atom. The van der Waals surface area contributed by atoms with E-state index in [0.717, 1.165) is 10.0 Å². The predicted molar refractivity (Wildman–Crippen MR) is 86.7 cm³/mol. The summed E-state index contributed by atoms with van der Waals surface area (Å²) in [6.07, 6.45) is 0. The van der Waals surface area contributed by atoms with Crippen LogP contribution in [0.3, 0.4) is 0 Å². The van der Waals surface area contributed by atoms with Crippen LogP contribution in [0, 0.1) is 0 Å². The van der Waals surface area contributed by atoms with Crippen LogP contribution < -0.4 is 5.73 Å². The summed E-state index contributed by atoms with van der Waals surface area (Å²) in [7, 11) is 0. The number of nitrogen functional groups attached to an aromatic ring is 1. The number of halogens is 3. The molecule has 0 aliphatic heterocycles. The molecule has 0 unspecified atom stereocenters. The number of aromatic nitrogens is 4. The molecule has 1 aromatic heterocycles. The summed E-state index contributed by atoms with van der Waals surface area (Å²) in [5.74, 6) is 0.543. The minimum Gasteiger partial charge on any atom is -0.399 e. The normalized spacial score (nSPS) is 10.8. The Morgan fingerprint density at radius 3 is 2.38 bits per heavy atom. The molecule has 0 spiro atoms. The number of tetrazole rings is 1. The van der Waals surface area contributed by atoms with Gasteiger partial charge < -0.3 is 5.73 Å². The number of hydrogen-bond donors (Lipinski definition) is 1. The average Bonchev–Trinajstić information content (AvgIpc) is 2.85. The maximum atomic E-state index is 6.02. The lowest BCUT2D eigenvalue weighted by atomic mass is 10.2. The number of benzene rings is 2. The summed E-state index contributed by atoms with van der Waals surface area (Å²) in [5, 5.41) is 12.8. The van der Waals surface area contributed by atoms with Crippen molar-refractivity contribution >= 4 is 44.8 Å². The van der Waals surface area contributed by atoms with Gasteiger partial charge in [-0.05, 0) is 46.8 Å². The van der Waals surface area contributed by atoms with Crippen molar-refractivity contribution in [3.05, 3.63) is 50.9 Å². The summed E-state index contributed by atoms with van der Waals surface area (Å²) < 4.78 is 2.40. The zero-order chi connectivity index (χ0) is 15.0. The van der Waals surface area contributed by atoms with E-state index in [1.807, 2.05) is 6.07 Å². The zero-order valence-corrected chi connectivity index (χ0v) is 13.6. The molecule has 0 fully saturated rings. The largest absolute Gasteiger partial charge is 0.399 e. The summed E-state index contributed by atoms with van der Waals surface area (Å²) in [5.41, 5.74) is 7.91. The summed E-state index contributed by atoms with van der Waals surface area (Å²) in [6.45, 7) is 0. The Kier molecular flexibility index (Phi) is 3.84. The van der Waals surface area contributed by atoms with Crippen LogP contribution in [0.4, 0.5) is 5.69 Å². The number of nitrogens with zero attached hydrogens (tertiary/aromatic N) is 4. The first-order valence-corrected chi connectivity index (χ1v) is 7.39.